The average molecular weight is 460 g/mol. The van der Waals surface area contributed by atoms with E-state index in [1.165, 1.54) is 0 Å². The lowest BCUT2D eigenvalue weighted by Crippen LogP contribution is -2.35. The third-order valence-electron chi connectivity index (χ3n) is 5.84. The highest BCUT2D eigenvalue weighted by molar-refractivity contribution is 5.90. The molecule has 0 amide bonds. The number of aromatic amines is 1. The number of aromatic carboxylic acids is 1. The van der Waals surface area contributed by atoms with E-state index >= 15 is 0 Å². The quantitative estimate of drug-likeness (QED) is 0.550. The molecule has 2 aromatic heterocycles. The molecule has 1 saturated heterocycles. The van der Waals surface area contributed by atoms with E-state index in [0.717, 1.165) is 37.8 Å². The molecule has 0 unspecified atom stereocenters. The Hall–Kier alpha value is -3.56. The maximum Gasteiger partial charge on any atom is 0.432 e. The zero-order valence-corrected chi connectivity index (χ0v) is 17.9. The molecular formula is C23H23F3N4O3. The smallest absolute Gasteiger partial charge is 0.432 e. The molecule has 10 heteroatoms. The summed E-state index contributed by atoms with van der Waals surface area (Å²) in [6.07, 6.45) is -0.282. The van der Waals surface area contributed by atoms with Crippen molar-refractivity contribution in [2.75, 3.05) is 24.6 Å². The van der Waals surface area contributed by atoms with E-state index in [4.69, 9.17) is 4.74 Å². The van der Waals surface area contributed by atoms with Crippen LogP contribution in [0, 0.1) is 12.8 Å². The Morgan fingerprint density at radius 3 is 2.55 bits per heavy atom. The molecule has 3 heterocycles. The fourth-order valence-corrected chi connectivity index (χ4v) is 3.88. The Bertz CT molecular complexity index is 1120. The van der Waals surface area contributed by atoms with Gasteiger partial charge in [-0.3, -0.25) is 4.98 Å². The second-order valence-electron chi connectivity index (χ2n) is 8.02. The summed E-state index contributed by atoms with van der Waals surface area (Å²) in [7, 11) is 0. The molecule has 33 heavy (non-hydrogen) atoms. The largest absolute Gasteiger partial charge is 0.493 e. The molecule has 4 rings (SSSR count). The number of anilines is 1. The summed E-state index contributed by atoms with van der Waals surface area (Å²) < 4.78 is 44.2. The van der Waals surface area contributed by atoms with Gasteiger partial charge in [-0.15, -0.1) is 0 Å². The molecule has 0 atom stereocenters. The number of ether oxygens (including phenoxy) is 1. The fraction of sp³-hybridized carbons (Fsp3) is 0.348. The van der Waals surface area contributed by atoms with Gasteiger partial charge in [-0.1, -0.05) is 6.07 Å². The summed E-state index contributed by atoms with van der Waals surface area (Å²) in [5.41, 5.74) is 1.19. The molecule has 7 nitrogen and oxygen atoms in total. The third-order valence-corrected chi connectivity index (χ3v) is 5.84. The number of rotatable bonds is 6. The molecular weight excluding hydrogens is 437 g/mol. The lowest BCUT2D eigenvalue weighted by molar-refractivity contribution is -0.140. The second-order valence-corrected chi connectivity index (χ2v) is 8.02. The van der Waals surface area contributed by atoms with Crippen molar-refractivity contribution in [2.24, 2.45) is 5.92 Å². The van der Waals surface area contributed by atoms with Gasteiger partial charge in [0.25, 0.3) is 0 Å². The topological polar surface area (TPSA) is 91.3 Å². The van der Waals surface area contributed by atoms with Crippen LogP contribution in [-0.4, -0.2) is 45.7 Å². The van der Waals surface area contributed by atoms with E-state index < -0.39 is 17.8 Å². The number of hydrogen-bond donors (Lipinski definition) is 2. The summed E-state index contributed by atoms with van der Waals surface area (Å²) in [5, 5.41) is 9.24. The van der Waals surface area contributed by atoms with E-state index in [9.17, 15) is 23.1 Å². The van der Waals surface area contributed by atoms with Crippen molar-refractivity contribution >= 4 is 11.7 Å². The van der Waals surface area contributed by atoms with Gasteiger partial charge >= 0.3 is 12.1 Å². The number of nitrogens with one attached hydrogen (secondary N) is 1. The number of nitrogens with zero attached hydrogens (tertiary/aromatic N) is 3. The van der Waals surface area contributed by atoms with Gasteiger partial charge in [-0.05, 0) is 49.9 Å². The fourth-order valence-electron chi connectivity index (χ4n) is 3.88. The molecule has 0 saturated carbocycles. The predicted molar refractivity (Wildman–Crippen MR) is 115 cm³/mol. The normalized spacial score (nSPS) is 15.0. The highest BCUT2D eigenvalue weighted by Crippen LogP contribution is 2.30. The minimum absolute atomic E-state index is 0.0759. The first kappa shape index (κ1) is 22.6. The molecule has 0 spiro atoms. The predicted octanol–water partition coefficient (Wildman–Crippen LogP) is 4.79. The van der Waals surface area contributed by atoms with Gasteiger partial charge in [-0.2, -0.15) is 13.2 Å². The van der Waals surface area contributed by atoms with Gasteiger partial charge in [0.2, 0.25) is 0 Å². The van der Waals surface area contributed by atoms with Crippen LogP contribution in [0.4, 0.5) is 18.9 Å². The zero-order chi connectivity index (χ0) is 23.6. The Morgan fingerprint density at radius 1 is 1.18 bits per heavy atom. The first-order valence-corrected chi connectivity index (χ1v) is 10.5. The summed E-state index contributed by atoms with van der Waals surface area (Å²) in [6, 6.07) is 8.50. The first-order chi connectivity index (χ1) is 15.7. The first-order valence-electron chi connectivity index (χ1n) is 10.5. The van der Waals surface area contributed by atoms with Crippen LogP contribution < -0.4 is 9.64 Å². The van der Waals surface area contributed by atoms with E-state index in [1.807, 2.05) is 6.07 Å². The van der Waals surface area contributed by atoms with Gasteiger partial charge in [0.15, 0.2) is 5.82 Å². The highest BCUT2D eigenvalue weighted by Gasteiger charge is 2.33. The Morgan fingerprint density at radius 2 is 1.94 bits per heavy atom. The van der Waals surface area contributed by atoms with Crippen LogP contribution in [-0.2, 0) is 6.18 Å². The van der Waals surface area contributed by atoms with Crippen molar-refractivity contribution in [1.82, 2.24) is 15.0 Å². The number of benzene rings is 1. The number of hydrogen-bond acceptors (Lipinski definition) is 5. The van der Waals surface area contributed by atoms with Crippen LogP contribution in [0.15, 0.2) is 42.7 Å². The highest BCUT2D eigenvalue weighted by atomic mass is 19.4. The summed E-state index contributed by atoms with van der Waals surface area (Å²) in [6.45, 7) is 3.84. The number of H-pyrrole nitrogens is 1. The van der Waals surface area contributed by atoms with Crippen molar-refractivity contribution in [3.05, 3.63) is 59.5 Å². The molecule has 2 N–H and O–H groups in total. The van der Waals surface area contributed by atoms with Crippen molar-refractivity contribution in [2.45, 2.75) is 25.9 Å². The molecule has 0 radical (unpaired) electrons. The number of piperidine rings is 1. The lowest BCUT2D eigenvalue weighted by atomic mass is 9.97. The minimum Gasteiger partial charge on any atom is -0.493 e. The van der Waals surface area contributed by atoms with Crippen LogP contribution >= 0.6 is 0 Å². The second kappa shape index (κ2) is 9.13. The van der Waals surface area contributed by atoms with E-state index in [1.54, 1.807) is 37.4 Å². The van der Waals surface area contributed by atoms with E-state index in [2.05, 4.69) is 19.9 Å². The maximum absolute atomic E-state index is 12.7. The molecule has 0 bridgehead atoms. The van der Waals surface area contributed by atoms with Gasteiger partial charge in [-0.25, -0.2) is 9.78 Å². The van der Waals surface area contributed by atoms with Gasteiger partial charge in [0.05, 0.1) is 30.3 Å². The van der Waals surface area contributed by atoms with Crippen molar-refractivity contribution in [3.63, 3.8) is 0 Å². The van der Waals surface area contributed by atoms with Crippen LogP contribution in [0.3, 0.4) is 0 Å². The molecule has 1 aliphatic heterocycles. The number of carboxylic acids is 1. The monoisotopic (exact) mass is 460 g/mol. The van der Waals surface area contributed by atoms with Crippen LogP contribution in [0.25, 0.3) is 11.5 Å². The van der Waals surface area contributed by atoms with Crippen LogP contribution in [0.1, 0.15) is 34.5 Å². The number of aromatic nitrogens is 3. The van der Waals surface area contributed by atoms with Gasteiger partial charge in [0, 0.05) is 18.7 Å². The Balaban J connectivity index is 1.32. The van der Waals surface area contributed by atoms with Crippen LogP contribution in [0.5, 0.6) is 5.75 Å². The Kier molecular flexibility index (Phi) is 6.26. The Labute approximate surface area is 188 Å². The number of pyridine rings is 1. The molecule has 0 aliphatic carbocycles. The van der Waals surface area contributed by atoms with Gasteiger partial charge < -0.3 is 19.7 Å². The standard InChI is InChI=1S/C23H23F3N4O3/c1-14-17(22(31)32)3-2-4-19(14)33-13-15-7-9-30(10-8-15)16-5-6-18(27-11-16)21-28-12-20(29-21)23(24,25)26/h2-6,11-12,15H,7-10,13H2,1H3,(H,28,29)(H,31,32). The SMILES string of the molecule is Cc1c(OCC2CCN(c3ccc(-c4ncc(C(F)(F)F)[nH]4)nc3)CC2)cccc1C(=O)O. The zero-order valence-electron chi connectivity index (χ0n) is 17.9. The summed E-state index contributed by atoms with van der Waals surface area (Å²) in [5.74, 6) is 0.0275. The van der Waals surface area contributed by atoms with Crippen molar-refractivity contribution < 1.29 is 27.8 Å². The molecule has 1 aromatic carbocycles. The van der Waals surface area contributed by atoms with Crippen LogP contribution in [0.2, 0.25) is 0 Å². The number of imidazole rings is 1. The minimum atomic E-state index is -4.48. The lowest BCUT2D eigenvalue weighted by Gasteiger charge is -2.33. The number of halogens is 3. The van der Waals surface area contributed by atoms with E-state index in [0.29, 0.717) is 29.5 Å². The number of alkyl halides is 3. The average Bonchev–Trinajstić information content (AvgIpc) is 3.30. The molecule has 3 aromatic rings. The number of carboxylic acid groups (broad SMARTS) is 1. The van der Waals surface area contributed by atoms with E-state index in [-0.39, 0.29) is 11.4 Å². The van der Waals surface area contributed by atoms with Crippen molar-refractivity contribution in [1.29, 1.82) is 0 Å². The maximum atomic E-state index is 12.7. The third kappa shape index (κ3) is 5.10. The van der Waals surface area contributed by atoms with Crippen molar-refractivity contribution in [3.8, 4) is 17.3 Å². The molecule has 1 fully saturated rings. The molecule has 174 valence electrons. The summed E-state index contributed by atoms with van der Waals surface area (Å²) in [4.78, 5) is 23.8. The molecule has 1 aliphatic rings. The number of carbonyl (C=O) groups is 1. The van der Waals surface area contributed by atoms with Gasteiger partial charge in [0.1, 0.15) is 17.1 Å². The summed E-state index contributed by atoms with van der Waals surface area (Å²) >= 11 is 0.